The topological polar surface area (TPSA) is 49.9 Å². The average molecular weight is 356 g/mol. The maximum absolute atomic E-state index is 14.2. The highest BCUT2D eigenvalue weighted by molar-refractivity contribution is 6.04. The number of para-hydroxylation sites is 1. The van der Waals surface area contributed by atoms with Gasteiger partial charge in [-0.3, -0.25) is 9.59 Å². The molecule has 2 amide bonds. The van der Waals surface area contributed by atoms with Crippen molar-refractivity contribution in [2.75, 3.05) is 25.1 Å². The number of methoxy groups -OCH3 is 1. The minimum Gasteiger partial charge on any atom is -0.496 e. The van der Waals surface area contributed by atoms with Crippen LogP contribution in [0.2, 0.25) is 0 Å². The van der Waals surface area contributed by atoms with E-state index in [1.807, 2.05) is 6.92 Å². The van der Waals surface area contributed by atoms with E-state index < -0.39 is 11.9 Å². The first-order chi connectivity index (χ1) is 12.4. The Morgan fingerprint density at radius 3 is 2.65 bits per heavy atom. The molecular formula is C20H21FN2O3. The van der Waals surface area contributed by atoms with Gasteiger partial charge >= 0.3 is 0 Å². The van der Waals surface area contributed by atoms with Crippen LogP contribution >= 0.6 is 0 Å². The maximum Gasteiger partial charge on any atom is 0.258 e. The van der Waals surface area contributed by atoms with Gasteiger partial charge in [-0.25, -0.2) is 4.39 Å². The number of carbonyl (C=O) groups is 2. The molecular weight excluding hydrogens is 335 g/mol. The van der Waals surface area contributed by atoms with E-state index in [0.717, 1.165) is 5.56 Å². The third-order valence-electron chi connectivity index (χ3n) is 4.65. The summed E-state index contributed by atoms with van der Waals surface area (Å²) in [7, 11) is 1.50. The van der Waals surface area contributed by atoms with Crippen molar-refractivity contribution in [2.45, 2.75) is 19.9 Å². The summed E-state index contributed by atoms with van der Waals surface area (Å²) in [6, 6.07) is 10.9. The van der Waals surface area contributed by atoms with Crippen LogP contribution in [-0.2, 0) is 4.79 Å². The van der Waals surface area contributed by atoms with Crippen molar-refractivity contribution in [3.8, 4) is 5.75 Å². The smallest absolute Gasteiger partial charge is 0.258 e. The molecule has 0 bridgehead atoms. The van der Waals surface area contributed by atoms with E-state index in [4.69, 9.17) is 4.74 Å². The number of ether oxygens (including phenoxy) is 1. The summed E-state index contributed by atoms with van der Waals surface area (Å²) in [4.78, 5) is 28.6. The maximum atomic E-state index is 14.2. The quantitative estimate of drug-likeness (QED) is 0.849. The lowest BCUT2D eigenvalue weighted by Gasteiger charge is -2.39. The van der Waals surface area contributed by atoms with Crippen LogP contribution in [0.25, 0.3) is 0 Å². The third kappa shape index (κ3) is 3.14. The van der Waals surface area contributed by atoms with Crippen LogP contribution in [0.15, 0.2) is 42.5 Å². The molecule has 1 heterocycles. The van der Waals surface area contributed by atoms with Crippen molar-refractivity contribution >= 4 is 17.5 Å². The second-order valence-electron chi connectivity index (χ2n) is 6.32. The zero-order valence-electron chi connectivity index (χ0n) is 15.0. The number of anilines is 1. The lowest BCUT2D eigenvalue weighted by Crippen LogP contribution is -2.58. The van der Waals surface area contributed by atoms with Gasteiger partial charge in [-0.1, -0.05) is 18.2 Å². The lowest BCUT2D eigenvalue weighted by atomic mass is 10.1. The molecule has 1 atom stereocenters. The average Bonchev–Trinajstić information content (AvgIpc) is 2.65. The normalized spacial score (nSPS) is 17.4. The second kappa shape index (κ2) is 7.15. The van der Waals surface area contributed by atoms with Gasteiger partial charge in [-0.05, 0) is 43.7 Å². The standard InChI is InChI=1S/C20H21FN2O3/c1-13-8-9-16(21)17(12-13)23-11-10-22(14(2)19(23)24)20(25)15-6-4-5-7-18(15)26-3/h4-9,12,14H,10-11H2,1-3H3/t14-/m0/s1. The van der Waals surface area contributed by atoms with Crippen molar-refractivity contribution in [3.63, 3.8) is 0 Å². The van der Waals surface area contributed by atoms with Crippen LogP contribution in [0.5, 0.6) is 5.75 Å². The van der Waals surface area contributed by atoms with Gasteiger partial charge in [-0.15, -0.1) is 0 Å². The number of carbonyl (C=O) groups excluding carboxylic acids is 2. The second-order valence-corrected chi connectivity index (χ2v) is 6.32. The number of rotatable bonds is 3. The Hall–Kier alpha value is -2.89. The Balaban J connectivity index is 1.86. The molecule has 0 aliphatic carbocycles. The Morgan fingerprint density at radius 2 is 1.92 bits per heavy atom. The number of hydrogen-bond acceptors (Lipinski definition) is 3. The fourth-order valence-electron chi connectivity index (χ4n) is 3.19. The Kier molecular flexibility index (Phi) is 4.93. The van der Waals surface area contributed by atoms with Crippen LogP contribution in [0.1, 0.15) is 22.8 Å². The van der Waals surface area contributed by atoms with E-state index in [1.165, 1.54) is 23.0 Å². The van der Waals surface area contributed by atoms with Gasteiger partial charge in [0.2, 0.25) is 5.91 Å². The highest BCUT2D eigenvalue weighted by Crippen LogP contribution is 2.27. The highest BCUT2D eigenvalue weighted by Gasteiger charge is 2.36. The largest absolute Gasteiger partial charge is 0.496 e. The number of amides is 2. The SMILES string of the molecule is COc1ccccc1C(=O)N1CCN(c2cc(C)ccc2F)C(=O)[C@@H]1C. The number of hydrogen-bond donors (Lipinski definition) is 0. The Bertz CT molecular complexity index is 853. The van der Waals surface area contributed by atoms with Crippen molar-refractivity contribution in [2.24, 2.45) is 0 Å². The van der Waals surface area contributed by atoms with E-state index in [2.05, 4.69) is 0 Å². The number of nitrogens with zero attached hydrogens (tertiary/aromatic N) is 2. The fourth-order valence-corrected chi connectivity index (χ4v) is 3.19. The first-order valence-corrected chi connectivity index (χ1v) is 8.45. The fraction of sp³-hybridized carbons (Fsp3) is 0.300. The molecule has 5 nitrogen and oxygen atoms in total. The third-order valence-corrected chi connectivity index (χ3v) is 4.65. The predicted molar refractivity (Wildman–Crippen MR) is 97.0 cm³/mol. The first-order valence-electron chi connectivity index (χ1n) is 8.45. The lowest BCUT2D eigenvalue weighted by molar-refractivity contribution is -0.124. The van der Waals surface area contributed by atoms with Gasteiger partial charge in [0.05, 0.1) is 18.4 Å². The zero-order chi connectivity index (χ0) is 18.8. The molecule has 3 rings (SSSR count). The molecule has 0 saturated carbocycles. The van der Waals surface area contributed by atoms with Gasteiger partial charge in [0.1, 0.15) is 17.6 Å². The van der Waals surface area contributed by atoms with Gasteiger partial charge in [0.25, 0.3) is 5.91 Å². The molecule has 1 fully saturated rings. The number of aryl methyl sites for hydroxylation is 1. The molecule has 0 spiro atoms. The summed E-state index contributed by atoms with van der Waals surface area (Å²) in [5.41, 5.74) is 1.53. The molecule has 26 heavy (non-hydrogen) atoms. The van der Waals surface area contributed by atoms with Crippen LogP contribution in [0.4, 0.5) is 10.1 Å². The minimum absolute atomic E-state index is 0.241. The molecule has 0 N–H and O–H groups in total. The van der Waals surface area contributed by atoms with Gasteiger partial charge in [0.15, 0.2) is 0 Å². The van der Waals surface area contributed by atoms with Gasteiger partial charge in [0, 0.05) is 13.1 Å². The van der Waals surface area contributed by atoms with E-state index >= 15 is 0 Å². The number of piperazine rings is 1. The molecule has 1 aliphatic heterocycles. The molecule has 2 aromatic rings. The van der Waals surface area contributed by atoms with Gasteiger partial charge in [-0.2, -0.15) is 0 Å². The Morgan fingerprint density at radius 1 is 1.19 bits per heavy atom. The molecule has 2 aromatic carbocycles. The summed E-state index contributed by atoms with van der Waals surface area (Å²) in [6.07, 6.45) is 0. The molecule has 6 heteroatoms. The summed E-state index contributed by atoms with van der Waals surface area (Å²) in [5.74, 6) is -0.554. The van der Waals surface area contributed by atoms with E-state index in [-0.39, 0.29) is 24.0 Å². The summed E-state index contributed by atoms with van der Waals surface area (Å²) in [5, 5.41) is 0. The van der Waals surface area contributed by atoms with Crippen LogP contribution in [0, 0.1) is 12.7 Å². The first kappa shape index (κ1) is 17.9. The van der Waals surface area contributed by atoms with Crippen LogP contribution in [-0.4, -0.2) is 43.0 Å². The highest BCUT2D eigenvalue weighted by atomic mass is 19.1. The van der Waals surface area contributed by atoms with Crippen molar-refractivity contribution < 1.29 is 18.7 Å². The van der Waals surface area contributed by atoms with E-state index in [1.54, 1.807) is 43.3 Å². The molecule has 1 aliphatic rings. The summed E-state index contributed by atoms with van der Waals surface area (Å²) < 4.78 is 19.4. The van der Waals surface area contributed by atoms with Crippen molar-refractivity contribution in [1.82, 2.24) is 4.90 Å². The van der Waals surface area contributed by atoms with Crippen molar-refractivity contribution in [3.05, 3.63) is 59.4 Å². The zero-order valence-corrected chi connectivity index (χ0v) is 15.0. The number of benzene rings is 2. The van der Waals surface area contributed by atoms with Gasteiger partial charge < -0.3 is 14.5 Å². The van der Waals surface area contributed by atoms with Crippen LogP contribution < -0.4 is 9.64 Å². The summed E-state index contributed by atoms with van der Waals surface area (Å²) in [6.45, 7) is 4.06. The minimum atomic E-state index is -0.693. The van der Waals surface area contributed by atoms with Crippen LogP contribution in [0.3, 0.4) is 0 Å². The number of halogens is 1. The molecule has 0 radical (unpaired) electrons. The molecule has 1 saturated heterocycles. The van der Waals surface area contributed by atoms with Crippen molar-refractivity contribution in [1.29, 1.82) is 0 Å². The molecule has 0 aromatic heterocycles. The van der Waals surface area contributed by atoms with E-state index in [0.29, 0.717) is 17.9 Å². The Labute approximate surface area is 152 Å². The predicted octanol–water partition coefficient (Wildman–Crippen LogP) is 3.02. The molecule has 136 valence electrons. The molecule has 0 unspecified atom stereocenters. The summed E-state index contributed by atoms with van der Waals surface area (Å²) >= 11 is 0. The van der Waals surface area contributed by atoms with E-state index in [9.17, 15) is 14.0 Å². The monoisotopic (exact) mass is 356 g/mol.